The van der Waals surface area contributed by atoms with Gasteiger partial charge in [0.05, 0.1) is 17.4 Å². The Kier molecular flexibility index (Phi) is 5.02. The molecule has 1 atom stereocenters. The lowest BCUT2D eigenvalue weighted by Crippen LogP contribution is -2.47. The number of ether oxygens (including phenoxy) is 1. The average Bonchev–Trinajstić information content (AvgIpc) is 3.28. The fourth-order valence-corrected chi connectivity index (χ4v) is 3.77. The van der Waals surface area contributed by atoms with Crippen LogP contribution in [0, 0.1) is 5.41 Å². The van der Waals surface area contributed by atoms with Gasteiger partial charge in [-0.25, -0.2) is 4.98 Å². The normalized spacial score (nSPS) is 25.6. The number of carboxylic acid groups (broad SMARTS) is 1. The summed E-state index contributed by atoms with van der Waals surface area (Å²) in [4.78, 5) is 18.5. The Bertz CT molecular complexity index is 541. The van der Waals surface area contributed by atoms with E-state index in [1.165, 1.54) is 18.5 Å². The largest absolute Gasteiger partial charge is 0.481 e. The van der Waals surface area contributed by atoms with Crippen molar-refractivity contribution in [1.82, 2.24) is 14.5 Å². The zero-order chi connectivity index (χ0) is 16.3. The second kappa shape index (κ2) is 7.01. The minimum absolute atomic E-state index is 0.614. The summed E-state index contributed by atoms with van der Waals surface area (Å²) in [6, 6.07) is 0.614. The first kappa shape index (κ1) is 16.5. The van der Waals surface area contributed by atoms with Gasteiger partial charge in [0.15, 0.2) is 0 Å². The van der Waals surface area contributed by atoms with Crippen LogP contribution < -0.4 is 0 Å². The summed E-state index contributed by atoms with van der Waals surface area (Å²) in [6.07, 6.45) is 9.52. The van der Waals surface area contributed by atoms with E-state index in [1.54, 1.807) is 7.11 Å². The van der Waals surface area contributed by atoms with Crippen LogP contribution in [0.3, 0.4) is 0 Å². The van der Waals surface area contributed by atoms with Crippen LogP contribution in [0.2, 0.25) is 0 Å². The summed E-state index contributed by atoms with van der Waals surface area (Å²) in [5, 5.41) is 9.80. The highest BCUT2D eigenvalue weighted by molar-refractivity contribution is 5.75. The van der Waals surface area contributed by atoms with E-state index in [2.05, 4.69) is 14.5 Å². The molecule has 1 N–H and O–H groups in total. The molecule has 23 heavy (non-hydrogen) atoms. The third kappa shape index (κ3) is 3.75. The smallest absolute Gasteiger partial charge is 0.310 e. The van der Waals surface area contributed by atoms with Crippen molar-refractivity contribution in [1.29, 1.82) is 0 Å². The Hall–Kier alpha value is -1.40. The highest BCUT2D eigenvalue weighted by Crippen LogP contribution is 2.38. The van der Waals surface area contributed by atoms with E-state index in [-0.39, 0.29) is 0 Å². The van der Waals surface area contributed by atoms with Gasteiger partial charge < -0.3 is 14.4 Å². The van der Waals surface area contributed by atoms with Crippen molar-refractivity contribution in [2.45, 2.75) is 51.1 Å². The number of carboxylic acids is 1. The van der Waals surface area contributed by atoms with Gasteiger partial charge in [0, 0.05) is 39.0 Å². The average molecular weight is 321 g/mol. The molecule has 6 heteroatoms. The van der Waals surface area contributed by atoms with Crippen LogP contribution in [-0.4, -0.2) is 52.3 Å². The van der Waals surface area contributed by atoms with Crippen molar-refractivity contribution in [3.63, 3.8) is 0 Å². The van der Waals surface area contributed by atoms with Gasteiger partial charge in [-0.2, -0.15) is 0 Å². The van der Waals surface area contributed by atoms with Gasteiger partial charge in [0.1, 0.15) is 0 Å². The molecule has 2 fully saturated rings. The Labute approximate surface area is 137 Å². The third-order valence-corrected chi connectivity index (χ3v) is 5.19. The van der Waals surface area contributed by atoms with Gasteiger partial charge in [-0.1, -0.05) is 0 Å². The van der Waals surface area contributed by atoms with Crippen molar-refractivity contribution in [3.05, 3.63) is 18.2 Å². The summed E-state index contributed by atoms with van der Waals surface area (Å²) < 4.78 is 7.37. The number of hydrogen-bond donors (Lipinski definition) is 1. The Morgan fingerprint density at radius 1 is 1.52 bits per heavy atom. The number of aliphatic carboxylic acids is 1. The minimum Gasteiger partial charge on any atom is -0.481 e. The molecule has 1 aliphatic heterocycles. The highest BCUT2D eigenvalue weighted by atomic mass is 16.5. The lowest BCUT2D eigenvalue weighted by Gasteiger charge is -2.40. The van der Waals surface area contributed by atoms with E-state index in [0.29, 0.717) is 25.6 Å². The van der Waals surface area contributed by atoms with Crippen molar-refractivity contribution < 1.29 is 14.6 Å². The van der Waals surface area contributed by atoms with Crippen molar-refractivity contribution in [2.75, 3.05) is 26.8 Å². The maximum absolute atomic E-state index is 11.9. The van der Waals surface area contributed by atoms with Crippen LogP contribution in [0.4, 0.5) is 0 Å². The number of likely N-dealkylation sites (tertiary alicyclic amines) is 1. The Morgan fingerprint density at radius 2 is 2.35 bits per heavy atom. The lowest BCUT2D eigenvalue weighted by molar-refractivity contribution is -0.153. The molecule has 1 aliphatic carbocycles. The fraction of sp³-hybridized carbons (Fsp3) is 0.765. The third-order valence-electron chi connectivity index (χ3n) is 5.19. The van der Waals surface area contributed by atoms with Crippen molar-refractivity contribution in [3.8, 4) is 0 Å². The van der Waals surface area contributed by atoms with E-state index in [1.807, 2.05) is 12.5 Å². The predicted molar refractivity (Wildman–Crippen MR) is 86.2 cm³/mol. The number of imidazole rings is 1. The predicted octanol–water partition coefficient (Wildman–Crippen LogP) is 2.31. The number of hydrogen-bond acceptors (Lipinski definition) is 4. The summed E-state index contributed by atoms with van der Waals surface area (Å²) in [6.45, 7) is 3.02. The summed E-state index contributed by atoms with van der Waals surface area (Å²) >= 11 is 0. The molecule has 3 rings (SSSR count). The molecule has 0 amide bonds. The lowest BCUT2D eigenvalue weighted by atomic mass is 9.76. The standard InChI is InChI=1S/C17H27N3O3/c1-23-9-3-7-17(16(21)22)6-2-8-19(12-17)11-15-10-18-13-20(15)14-4-5-14/h10,13-14H,2-9,11-12H2,1H3,(H,21,22)/t17-/m0/s1. The minimum atomic E-state index is -0.658. The van der Waals surface area contributed by atoms with E-state index in [0.717, 1.165) is 32.4 Å². The molecule has 1 aromatic rings. The topological polar surface area (TPSA) is 67.6 Å². The zero-order valence-electron chi connectivity index (χ0n) is 13.9. The summed E-state index contributed by atoms with van der Waals surface area (Å²) in [5.74, 6) is -0.658. The molecule has 1 saturated carbocycles. The molecule has 6 nitrogen and oxygen atoms in total. The van der Waals surface area contributed by atoms with Crippen LogP contribution >= 0.6 is 0 Å². The molecule has 1 saturated heterocycles. The van der Waals surface area contributed by atoms with Crippen LogP contribution in [0.5, 0.6) is 0 Å². The number of aromatic nitrogens is 2. The van der Waals surface area contributed by atoms with Crippen LogP contribution in [0.25, 0.3) is 0 Å². The molecule has 2 heterocycles. The van der Waals surface area contributed by atoms with E-state index >= 15 is 0 Å². The van der Waals surface area contributed by atoms with Crippen molar-refractivity contribution >= 4 is 5.97 Å². The number of rotatable bonds is 8. The van der Waals surface area contributed by atoms with Gasteiger partial charge in [-0.05, 0) is 45.1 Å². The van der Waals surface area contributed by atoms with E-state index in [9.17, 15) is 9.90 Å². The molecule has 2 aliphatic rings. The van der Waals surface area contributed by atoms with Crippen LogP contribution in [0.15, 0.2) is 12.5 Å². The van der Waals surface area contributed by atoms with E-state index < -0.39 is 11.4 Å². The molecule has 0 bridgehead atoms. The van der Waals surface area contributed by atoms with Crippen molar-refractivity contribution in [2.24, 2.45) is 5.41 Å². The van der Waals surface area contributed by atoms with Gasteiger partial charge in [-0.3, -0.25) is 9.69 Å². The van der Waals surface area contributed by atoms with Gasteiger partial charge in [-0.15, -0.1) is 0 Å². The molecule has 0 unspecified atom stereocenters. The molecule has 128 valence electrons. The SMILES string of the molecule is COCCC[C@@]1(C(=O)O)CCCN(Cc2cncn2C2CC2)C1. The number of piperidine rings is 1. The van der Waals surface area contributed by atoms with Gasteiger partial charge >= 0.3 is 5.97 Å². The first-order valence-electron chi connectivity index (χ1n) is 8.60. The van der Waals surface area contributed by atoms with Gasteiger partial charge in [0.2, 0.25) is 0 Å². The highest BCUT2D eigenvalue weighted by Gasteiger charge is 2.42. The number of carbonyl (C=O) groups is 1. The first-order chi connectivity index (χ1) is 11.1. The maximum Gasteiger partial charge on any atom is 0.310 e. The van der Waals surface area contributed by atoms with Crippen LogP contribution in [0.1, 0.15) is 50.3 Å². The Balaban J connectivity index is 1.65. The molecular formula is C17H27N3O3. The zero-order valence-corrected chi connectivity index (χ0v) is 13.9. The number of nitrogens with zero attached hydrogens (tertiary/aromatic N) is 3. The molecule has 0 radical (unpaired) electrons. The second-order valence-corrected chi connectivity index (χ2v) is 7.02. The first-order valence-corrected chi connectivity index (χ1v) is 8.60. The fourth-order valence-electron chi connectivity index (χ4n) is 3.77. The maximum atomic E-state index is 11.9. The summed E-state index contributed by atoms with van der Waals surface area (Å²) in [5.41, 5.74) is 0.590. The number of methoxy groups -OCH3 is 1. The monoisotopic (exact) mass is 321 g/mol. The van der Waals surface area contributed by atoms with E-state index in [4.69, 9.17) is 4.74 Å². The molecule has 0 spiro atoms. The van der Waals surface area contributed by atoms with Crippen LogP contribution in [-0.2, 0) is 16.1 Å². The Morgan fingerprint density at radius 3 is 3.04 bits per heavy atom. The summed E-state index contributed by atoms with van der Waals surface area (Å²) in [7, 11) is 1.67. The second-order valence-electron chi connectivity index (χ2n) is 7.02. The van der Waals surface area contributed by atoms with Gasteiger partial charge in [0.25, 0.3) is 0 Å². The molecule has 0 aromatic carbocycles. The molecular weight excluding hydrogens is 294 g/mol. The molecule has 1 aromatic heterocycles. The quantitative estimate of drug-likeness (QED) is 0.744.